The molecule has 2 aromatic rings. The van der Waals surface area contributed by atoms with Gasteiger partial charge in [0.1, 0.15) is 5.75 Å². The van der Waals surface area contributed by atoms with E-state index >= 15 is 0 Å². The first kappa shape index (κ1) is 28.1. The second-order valence-electron chi connectivity index (χ2n) is 8.67. The summed E-state index contributed by atoms with van der Waals surface area (Å²) in [5.41, 5.74) is 0.610. The molecular weight excluding hydrogens is 426 g/mol. The lowest BCUT2D eigenvalue weighted by molar-refractivity contribution is -0.929. The van der Waals surface area contributed by atoms with Crippen molar-refractivity contribution >= 4 is 31.5 Å². The van der Waals surface area contributed by atoms with Gasteiger partial charge >= 0.3 is 0 Å². The van der Waals surface area contributed by atoms with E-state index in [0.29, 0.717) is 5.56 Å². The summed E-state index contributed by atoms with van der Waals surface area (Å²) < 4.78 is 32.5. The third kappa shape index (κ3) is 11.5. The molecule has 0 aliphatic heterocycles. The van der Waals surface area contributed by atoms with E-state index in [9.17, 15) is 8.42 Å². The van der Waals surface area contributed by atoms with E-state index in [0.717, 1.165) is 10.1 Å². The van der Waals surface area contributed by atoms with E-state index in [1.807, 2.05) is 17.5 Å². The lowest BCUT2D eigenvalue weighted by atomic mass is 10.1. The Morgan fingerprint density at radius 3 is 1.71 bits per heavy atom. The summed E-state index contributed by atoms with van der Waals surface area (Å²) in [7, 11) is -3.93. The monoisotopic (exact) mass is 470 g/mol. The van der Waals surface area contributed by atoms with Gasteiger partial charge in [-0.3, -0.25) is 4.55 Å². The Kier molecular flexibility index (Phi) is 13.6. The number of nitrogens with zero attached hydrogens (tertiary/aromatic N) is 1. The summed E-state index contributed by atoms with van der Waals surface area (Å²) in [6.07, 6.45) is 11.1. The zero-order valence-electron chi connectivity index (χ0n) is 20.1. The zero-order chi connectivity index (χ0) is 23.2. The first-order valence-corrected chi connectivity index (χ1v) is 14.5. The van der Waals surface area contributed by atoms with Crippen LogP contribution in [0.2, 0.25) is 0 Å². The fraction of sp³-hybridized carbons (Fsp3) is 0.680. The highest BCUT2D eigenvalue weighted by atomic mass is 32.2. The minimum atomic E-state index is -3.93. The number of unbranched alkanes of at least 4 members (excludes halogenated alkanes) is 4. The molecule has 1 heterocycles. The molecule has 0 aliphatic carbocycles. The molecule has 0 atom stereocenters. The van der Waals surface area contributed by atoms with Crippen molar-refractivity contribution in [1.82, 2.24) is 0 Å². The number of rotatable bonds is 14. The van der Waals surface area contributed by atoms with Crippen LogP contribution in [0, 0.1) is 0 Å². The molecule has 0 spiro atoms. The van der Waals surface area contributed by atoms with Gasteiger partial charge in [-0.1, -0.05) is 59.4 Å². The van der Waals surface area contributed by atoms with Gasteiger partial charge in [0, 0.05) is 4.70 Å². The second kappa shape index (κ2) is 15.0. The SMILES string of the molecule is CCCC[N+](CCCC)(CCCC)CCCC.O=S(=O)(O)Cc1ccc2sccc2c1. The second-order valence-corrected chi connectivity index (χ2v) is 11.1. The highest BCUT2D eigenvalue weighted by Crippen LogP contribution is 2.22. The minimum Gasteiger partial charge on any atom is -0.324 e. The summed E-state index contributed by atoms with van der Waals surface area (Å²) in [4.78, 5) is 0. The molecule has 2 rings (SSSR count). The topological polar surface area (TPSA) is 54.4 Å². The van der Waals surface area contributed by atoms with Gasteiger partial charge in [-0.2, -0.15) is 8.42 Å². The van der Waals surface area contributed by atoms with E-state index in [-0.39, 0.29) is 5.75 Å². The maximum Gasteiger partial charge on any atom is 0.269 e. The first-order chi connectivity index (χ1) is 14.8. The van der Waals surface area contributed by atoms with E-state index < -0.39 is 10.1 Å². The van der Waals surface area contributed by atoms with Crippen molar-refractivity contribution in [2.75, 3.05) is 26.2 Å². The number of quaternary nitrogens is 1. The molecule has 0 saturated carbocycles. The van der Waals surface area contributed by atoms with E-state index in [1.165, 1.54) is 82.0 Å². The highest BCUT2D eigenvalue weighted by molar-refractivity contribution is 7.85. The zero-order valence-corrected chi connectivity index (χ0v) is 21.7. The van der Waals surface area contributed by atoms with Gasteiger partial charge in [0.05, 0.1) is 26.2 Å². The molecule has 1 aromatic carbocycles. The Morgan fingerprint density at radius 1 is 0.806 bits per heavy atom. The fourth-order valence-corrected chi connectivity index (χ4v) is 5.33. The Morgan fingerprint density at radius 2 is 1.29 bits per heavy atom. The van der Waals surface area contributed by atoms with Crippen molar-refractivity contribution in [3.05, 3.63) is 35.2 Å². The Balaban J connectivity index is 0.000000314. The van der Waals surface area contributed by atoms with Crippen LogP contribution in [0.5, 0.6) is 0 Å². The first-order valence-electron chi connectivity index (χ1n) is 12.1. The summed E-state index contributed by atoms with van der Waals surface area (Å²) in [5.74, 6) is -0.321. The average Bonchev–Trinajstić information content (AvgIpc) is 3.20. The van der Waals surface area contributed by atoms with Crippen LogP contribution in [0.4, 0.5) is 0 Å². The predicted octanol–water partition coefficient (Wildman–Crippen LogP) is 7.29. The number of fused-ring (bicyclic) bond motifs is 1. The van der Waals surface area contributed by atoms with Crippen LogP contribution in [0.1, 0.15) is 84.6 Å². The van der Waals surface area contributed by atoms with Crippen LogP contribution in [-0.4, -0.2) is 43.6 Å². The van der Waals surface area contributed by atoms with Crippen LogP contribution < -0.4 is 0 Å². The van der Waals surface area contributed by atoms with Gasteiger partial charge in [0.2, 0.25) is 0 Å². The van der Waals surface area contributed by atoms with E-state index in [1.54, 1.807) is 23.5 Å². The molecule has 0 bridgehead atoms. The van der Waals surface area contributed by atoms with Gasteiger partial charge in [-0.05, 0) is 60.2 Å². The number of hydrogen-bond acceptors (Lipinski definition) is 3. The third-order valence-electron chi connectivity index (χ3n) is 5.81. The molecule has 0 amide bonds. The fourth-order valence-electron chi connectivity index (χ4n) is 3.96. The quantitative estimate of drug-likeness (QED) is 0.233. The largest absolute Gasteiger partial charge is 0.324 e. The number of benzene rings is 1. The van der Waals surface area contributed by atoms with E-state index in [2.05, 4.69) is 27.7 Å². The molecular formula is C25H44NO3S2+. The molecule has 0 aliphatic rings. The smallest absolute Gasteiger partial charge is 0.269 e. The molecule has 1 N–H and O–H groups in total. The van der Waals surface area contributed by atoms with Gasteiger partial charge in [0.15, 0.2) is 0 Å². The minimum absolute atomic E-state index is 0.321. The molecule has 1 aromatic heterocycles. The van der Waals surface area contributed by atoms with Crippen LogP contribution in [0.25, 0.3) is 10.1 Å². The molecule has 31 heavy (non-hydrogen) atoms. The Bertz CT molecular complexity index is 793. The van der Waals surface area contributed by atoms with Crippen LogP contribution in [0.3, 0.4) is 0 Å². The lowest BCUT2D eigenvalue weighted by Gasteiger charge is -2.39. The molecule has 6 heteroatoms. The summed E-state index contributed by atoms with van der Waals surface area (Å²) in [6.45, 7) is 15.0. The Labute approximate surface area is 195 Å². The molecule has 0 unspecified atom stereocenters. The predicted molar refractivity (Wildman–Crippen MR) is 136 cm³/mol. The van der Waals surface area contributed by atoms with Crippen molar-refractivity contribution in [3.63, 3.8) is 0 Å². The highest BCUT2D eigenvalue weighted by Gasteiger charge is 2.24. The number of hydrogen-bond donors (Lipinski definition) is 1. The van der Waals surface area contributed by atoms with Crippen LogP contribution in [0.15, 0.2) is 29.6 Å². The molecule has 0 saturated heterocycles. The molecule has 178 valence electrons. The van der Waals surface area contributed by atoms with Crippen molar-refractivity contribution in [2.24, 2.45) is 0 Å². The van der Waals surface area contributed by atoms with Crippen molar-refractivity contribution in [1.29, 1.82) is 0 Å². The third-order valence-corrected chi connectivity index (χ3v) is 7.41. The summed E-state index contributed by atoms with van der Waals surface area (Å²) in [5, 5.41) is 2.96. The molecule has 0 fully saturated rings. The molecule has 4 nitrogen and oxygen atoms in total. The number of thiophene rings is 1. The summed E-state index contributed by atoms with van der Waals surface area (Å²) in [6, 6.07) is 7.28. The average molecular weight is 471 g/mol. The van der Waals surface area contributed by atoms with Gasteiger partial charge in [0.25, 0.3) is 10.1 Å². The van der Waals surface area contributed by atoms with E-state index in [4.69, 9.17) is 4.55 Å². The van der Waals surface area contributed by atoms with Crippen molar-refractivity contribution in [3.8, 4) is 0 Å². The molecule has 0 radical (unpaired) electrons. The van der Waals surface area contributed by atoms with Gasteiger partial charge < -0.3 is 4.48 Å². The van der Waals surface area contributed by atoms with Crippen LogP contribution >= 0.6 is 11.3 Å². The lowest BCUT2D eigenvalue weighted by Crippen LogP contribution is -2.50. The summed E-state index contributed by atoms with van der Waals surface area (Å²) >= 11 is 1.60. The van der Waals surface area contributed by atoms with Crippen LogP contribution in [-0.2, 0) is 15.9 Å². The normalized spacial score (nSPS) is 12.0. The van der Waals surface area contributed by atoms with Gasteiger partial charge in [-0.15, -0.1) is 11.3 Å². The van der Waals surface area contributed by atoms with Gasteiger partial charge in [-0.25, -0.2) is 0 Å². The maximum absolute atomic E-state index is 10.6. The van der Waals surface area contributed by atoms with Crippen molar-refractivity contribution in [2.45, 2.75) is 84.8 Å². The van der Waals surface area contributed by atoms with Crippen molar-refractivity contribution < 1.29 is 17.5 Å². The maximum atomic E-state index is 10.6. The standard InChI is InChI=1S/C16H36N.C9H8O3S2/c1-5-9-13-17(14-10-6-2,15-11-7-3)16-12-8-4;10-14(11,12)6-7-1-2-9-8(5-7)3-4-13-9/h5-16H2,1-4H3;1-5H,6H2,(H,10,11,12)/q+1;. The Hall–Kier alpha value is -0.950.